The SMILES string of the molecule is CNc1ncc(Br)cc1S(=O)(=O)NCCS(C)=O. The molecule has 0 spiro atoms. The summed E-state index contributed by atoms with van der Waals surface area (Å²) in [6.07, 6.45) is 3.03. The minimum atomic E-state index is -3.66. The van der Waals surface area contributed by atoms with E-state index in [0.29, 0.717) is 4.47 Å². The highest BCUT2D eigenvalue weighted by molar-refractivity contribution is 9.10. The van der Waals surface area contributed by atoms with E-state index in [1.54, 1.807) is 7.05 Å². The fourth-order valence-electron chi connectivity index (χ4n) is 1.21. The van der Waals surface area contributed by atoms with Crippen LogP contribution in [0.4, 0.5) is 5.82 Å². The lowest BCUT2D eigenvalue weighted by Gasteiger charge is -2.10. The molecular formula is C9H14BrN3O3S2. The van der Waals surface area contributed by atoms with Crippen molar-refractivity contribution < 1.29 is 12.6 Å². The van der Waals surface area contributed by atoms with Gasteiger partial charge in [-0.2, -0.15) is 0 Å². The largest absolute Gasteiger partial charge is 0.372 e. The fourth-order valence-corrected chi connectivity index (χ4v) is 3.43. The van der Waals surface area contributed by atoms with E-state index in [2.05, 4.69) is 31.0 Å². The van der Waals surface area contributed by atoms with Gasteiger partial charge in [0.25, 0.3) is 0 Å². The van der Waals surface area contributed by atoms with Gasteiger partial charge in [-0.25, -0.2) is 18.1 Å². The minimum Gasteiger partial charge on any atom is -0.372 e. The van der Waals surface area contributed by atoms with Gasteiger partial charge in [-0.3, -0.25) is 4.21 Å². The number of pyridine rings is 1. The van der Waals surface area contributed by atoms with Crippen LogP contribution < -0.4 is 10.0 Å². The molecule has 0 fully saturated rings. The van der Waals surface area contributed by atoms with Crippen molar-refractivity contribution in [3.8, 4) is 0 Å². The molecule has 0 aliphatic rings. The number of sulfonamides is 1. The maximum Gasteiger partial charge on any atom is 0.244 e. The first-order valence-corrected chi connectivity index (χ1v) is 9.00. The summed E-state index contributed by atoms with van der Waals surface area (Å²) in [6, 6.07) is 1.46. The molecule has 9 heteroatoms. The van der Waals surface area contributed by atoms with Crippen molar-refractivity contribution in [2.75, 3.05) is 30.9 Å². The molecule has 1 aromatic rings. The van der Waals surface area contributed by atoms with E-state index in [0.717, 1.165) is 0 Å². The summed E-state index contributed by atoms with van der Waals surface area (Å²) < 4.78 is 37.9. The van der Waals surface area contributed by atoms with Crippen molar-refractivity contribution in [1.29, 1.82) is 0 Å². The molecule has 102 valence electrons. The van der Waals surface area contributed by atoms with E-state index in [1.807, 2.05) is 0 Å². The Bertz CT molecular complexity index is 548. The van der Waals surface area contributed by atoms with Gasteiger partial charge >= 0.3 is 0 Å². The second kappa shape index (κ2) is 6.60. The average molecular weight is 356 g/mol. The van der Waals surface area contributed by atoms with Gasteiger partial charge in [-0.1, -0.05) is 0 Å². The van der Waals surface area contributed by atoms with Crippen LogP contribution in [0, 0.1) is 0 Å². The Morgan fingerprint density at radius 3 is 2.72 bits per heavy atom. The first-order valence-electron chi connectivity index (χ1n) is 5.00. The first kappa shape index (κ1) is 15.5. The highest BCUT2D eigenvalue weighted by Crippen LogP contribution is 2.22. The van der Waals surface area contributed by atoms with Crippen molar-refractivity contribution in [2.24, 2.45) is 0 Å². The Balaban J connectivity index is 2.97. The van der Waals surface area contributed by atoms with Crippen LogP contribution in [-0.4, -0.2) is 43.2 Å². The molecular weight excluding hydrogens is 342 g/mol. The van der Waals surface area contributed by atoms with Gasteiger partial charge in [0.05, 0.1) is 0 Å². The van der Waals surface area contributed by atoms with E-state index in [1.165, 1.54) is 18.5 Å². The normalized spacial score (nSPS) is 13.3. The molecule has 18 heavy (non-hydrogen) atoms. The van der Waals surface area contributed by atoms with Crippen LogP contribution in [0.5, 0.6) is 0 Å². The summed E-state index contributed by atoms with van der Waals surface area (Å²) in [6.45, 7) is 0.126. The van der Waals surface area contributed by atoms with Crippen molar-refractivity contribution in [1.82, 2.24) is 9.71 Å². The van der Waals surface area contributed by atoms with Crippen LogP contribution in [0.15, 0.2) is 21.6 Å². The van der Waals surface area contributed by atoms with Crippen LogP contribution in [0.1, 0.15) is 0 Å². The van der Waals surface area contributed by atoms with E-state index in [9.17, 15) is 12.6 Å². The van der Waals surface area contributed by atoms with E-state index in [-0.39, 0.29) is 23.0 Å². The molecule has 0 bridgehead atoms. The van der Waals surface area contributed by atoms with Crippen LogP contribution in [0.25, 0.3) is 0 Å². The Morgan fingerprint density at radius 2 is 2.17 bits per heavy atom. The molecule has 2 N–H and O–H groups in total. The molecule has 0 radical (unpaired) electrons. The van der Waals surface area contributed by atoms with Gasteiger partial charge in [0.1, 0.15) is 10.7 Å². The highest BCUT2D eigenvalue weighted by atomic mass is 79.9. The van der Waals surface area contributed by atoms with Gasteiger partial charge in [-0.05, 0) is 22.0 Å². The second-order valence-corrected chi connectivity index (χ2v) is 7.63. The Hall–Kier alpha value is -0.510. The molecule has 0 saturated heterocycles. The third-order valence-corrected chi connectivity index (χ3v) is 4.71. The number of anilines is 1. The molecule has 0 aromatic carbocycles. The van der Waals surface area contributed by atoms with Crippen molar-refractivity contribution in [3.05, 3.63) is 16.7 Å². The maximum atomic E-state index is 12.0. The molecule has 1 rings (SSSR count). The molecule has 1 atom stereocenters. The van der Waals surface area contributed by atoms with Crippen LogP contribution in [0.3, 0.4) is 0 Å². The third kappa shape index (κ3) is 4.30. The lowest BCUT2D eigenvalue weighted by atomic mass is 10.4. The predicted molar refractivity (Wildman–Crippen MR) is 75.6 cm³/mol. The summed E-state index contributed by atoms with van der Waals surface area (Å²) in [5, 5.41) is 2.72. The molecule has 0 saturated carbocycles. The van der Waals surface area contributed by atoms with E-state index >= 15 is 0 Å². The quantitative estimate of drug-likeness (QED) is 0.777. The molecule has 0 aliphatic heterocycles. The number of aromatic nitrogens is 1. The topological polar surface area (TPSA) is 88.2 Å². The maximum absolute atomic E-state index is 12.0. The second-order valence-electron chi connectivity index (χ2n) is 3.43. The van der Waals surface area contributed by atoms with E-state index in [4.69, 9.17) is 0 Å². The number of rotatable bonds is 6. The number of nitrogens with zero attached hydrogens (tertiary/aromatic N) is 1. The average Bonchev–Trinajstić information content (AvgIpc) is 2.28. The lowest BCUT2D eigenvalue weighted by Crippen LogP contribution is -2.28. The standard InChI is InChI=1S/C9H14BrN3O3S2/c1-11-9-8(5-7(10)6-12-9)18(15,16)13-3-4-17(2)14/h5-6,13H,3-4H2,1-2H3,(H,11,12). The van der Waals surface area contributed by atoms with Crippen molar-refractivity contribution >= 4 is 42.6 Å². The summed E-state index contributed by atoms with van der Waals surface area (Å²) in [7, 11) is -3.10. The van der Waals surface area contributed by atoms with Gasteiger partial charge in [0.15, 0.2) is 0 Å². The number of nitrogens with one attached hydrogen (secondary N) is 2. The van der Waals surface area contributed by atoms with Crippen LogP contribution >= 0.6 is 15.9 Å². The number of halogens is 1. The summed E-state index contributed by atoms with van der Waals surface area (Å²) in [5.74, 6) is 0.540. The fraction of sp³-hybridized carbons (Fsp3) is 0.444. The predicted octanol–water partition coefficient (Wildman–Crippen LogP) is 0.543. The summed E-state index contributed by atoms with van der Waals surface area (Å²) in [5.41, 5.74) is 0. The Morgan fingerprint density at radius 1 is 1.50 bits per heavy atom. The lowest BCUT2D eigenvalue weighted by molar-refractivity contribution is 0.584. The van der Waals surface area contributed by atoms with Crippen molar-refractivity contribution in [2.45, 2.75) is 4.90 Å². The zero-order chi connectivity index (χ0) is 13.8. The monoisotopic (exact) mass is 355 g/mol. The minimum absolute atomic E-state index is 0.0567. The van der Waals surface area contributed by atoms with Gasteiger partial charge in [-0.15, -0.1) is 0 Å². The zero-order valence-electron chi connectivity index (χ0n) is 9.94. The summed E-state index contributed by atoms with van der Waals surface area (Å²) in [4.78, 5) is 4.03. The molecule has 1 heterocycles. The molecule has 0 amide bonds. The smallest absolute Gasteiger partial charge is 0.244 e. The molecule has 6 nitrogen and oxygen atoms in total. The van der Waals surface area contributed by atoms with Crippen molar-refractivity contribution in [3.63, 3.8) is 0 Å². The van der Waals surface area contributed by atoms with Crippen LogP contribution in [-0.2, 0) is 20.8 Å². The Labute approximate surface area is 117 Å². The first-order chi connectivity index (χ1) is 8.36. The van der Waals surface area contributed by atoms with Gasteiger partial charge < -0.3 is 5.32 Å². The third-order valence-electron chi connectivity index (χ3n) is 2.03. The molecule has 1 aromatic heterocycles. The zero-order valence-corrected chi connectivity index (χ0v) is 13.2. The number of hydrogen-bond acceptors (Lipinski definition) is 5. The van der Waals surface area contributed by atoms with Gasteiger partial charge in [0, 0.05) is 47.1 Å². The van der Waals surface area contributed by atoms with Crippen LogP contribution in [0.2, 0.25) is 0 Å². The molecule has 1 unspecified atom stereocenters. The number of hydrogen-bond donors (Lipinski definition) is 2. The summed E-state index contributed by atoms with van der Waals surface area (Å²) >= 11 is 3.18. The van der Waals surface area contributed by atoms with Gasteiger partial charge in [0.2, 0.25) is 10.0 Å². The highest BCUT2D eigenvalue weighted by Gasteiger charge is 2.19. The Kier molecular flexibility index (Phi) is 5.70. The molecule has 0 aliphatic carbocycles. The van der Waals surface area contributed by atoms with E-state index < -0.39 is 20.8 Å².